The highest BCUT2D eigenvalue weighted by atomic mass is 35.5. The number of carbonyl (C=O) groups excluding carboxylic acids is 1. The van der Waals surface area contributed by atoms with Gasteiger partial charge in [0.15, 0.2) is 12.4 Å². The second kappa shape index (κ2) is 9.18. The smallest absolute Gasteiger partial charge is 0.301 e. The minimum absolute atomic E-state index is 0.0624. The predicted molar refractivity (Wildman–Crippen MR) is 147 cm³/mol. The first-order chi connectivity index (χ1) is 19.2. The molecular weight excluding hydrogens is 544 g/mol. The zero-order valence-electron chi connectivity index (χ0n) is 21.8. The van der Waals surface area contributed by atoms with Gasteiger partial charge in [0.25, 0.3) is 5.56 Å². The quantitative estimate of drug-likeness (QED) is 0.477. The van der Waals surface area contributed by atoms with Crippen LogP contribution in [0.1, 0.15) is 25.7 Å². The van der Waals surface area contributed by atoms with Crippen LogP contribution in [0.2, 0.25) is 5.02 Å². The van der Waals surface area contributed by atoms with E-state index in [1.54, 1.807) is 25.2 Å². The van der Waals surface area contributed by atoms with Crippen molar-refractivity contribution in [3.63, 3.8) is 0 Å². The van der Waals surface area contributed by atoms with E-state index in [1.807, 2.05) is 9.80 Å². The SMILES string of the molecule is Cn1c(=O)c2c(c3cc(Nc4nc(N5CCN(C6CC6)C(=O)C5)ncc4Cl)ccc31)NC(C1CC1)C(F)(F)CO2. The number of piperazine rings is 1. The van der Waals surface area contributed by atoms with Gasteiger partial charge in [-0.2, -0.15) is 4.98 Å². The number of anilines is 4. The van der Waals surface area contributed by atoms with E-state index in [0.717, 1.165) is 12.8 Å². The minimum Gasteiger partial charge on any atom is -0.480 e. The molecular formula is C27H28ClF2N7O3. The Morgan fingerprint density at radius 2 is 1.98 bits per heavy atom. The molecule has 0 radical (unpaired) electrons. The van der Waals surface area contributed by atoms with Gasteiger partial charge >= 0.3 is 5.92 Å². The molecule has 1 aromatic carbocycles. The summed E-state index contributed by atoms with van der Waals surface area (Å²) in [6.45, 7) is 0.594. The van der Waals surface area contributed by atoms with Crippen molar-refractivity contribution in [2.45, 2.75) is 43.7 Å². The molecule has 0 bridgehead atoms. The summed E-state index contributed by atoms with van der Waals surface area (Å²) < 4.78 is 36.7. The molecule has 2 saturated carbocycles. The Morgan fingerprint density at radius 1 is 1.18 bits per heavy atom. The van der Waals surface area contributed by atoms with E-state index in [4.69, 9.17) is 16.3 Å². The average molecular weight is 572 g/mol. The molecule has 13 heteroatoms. The van der Waals surface area contributed by atoms with Gasteiger partial charge in [-0.1, -0.05) is 11.6 Å². The largest absolute Gasteiger partial charge is 0.480 e. The first kappa shape index (κ1) is 25.3. The lowest BCUT2D eigenvalue weighted by Crippen LogP contribution is -2.51. The number of hydrogen-bond donors (Lipinski definition) is 2. The van der Waals surface area contributed by atoms with Crippen LogP contribution in [-0.2, 0) is 11.8 Å². The number of ether oxygens (including phenoxy) is 1. The molecule has 2 aliphatic carbocycles. The summed E-state index contributed by atoms with van der Waals surface area (Å²) in [5.41, 5.74) is 0.919. The standard InChI is InChI=1S/C27H28ClF2N7O3/c1-35-19-7-4-15(10-17(19)21-22(25(35)39)40-13-27(29,30)23(33-21)14-2-3-14)32-24-18(28)11-31-26(34-24)36-8-9-37(16-5-6-16)20(38)12-36/h4,7,10-11,14,16,23,33H,2-3,5-6,8-9,12-13H2,1H3,(H,31,32,34). The molecule has 210 valence electrons. The summed E-state index contributed by atoms with van der Waals surface area (Å²) in [7, 11) is 1.58. The van der Waals surface area contributed by atoms with Crippen molar-refractivity contribution >= 4 is 51.6 Å². The Hall–Kier alpha value is -3.67. The van der Waals surface area contributed by atoms with Crippen molar-refractivity contribution in [1.82, 2.24) is 19.4 Å². The maximum atomic E-state index is 14.9. The fourth-order valence-electron chi connectivity index (χ4n) is 5.65. The zero-order chi connectivity index (χ0) is 27.8. The molecule has 1 atom stereocenters. The van der Waals surface area contributed by atoms with Crippen LogP contribution in [0, 0.1) is 5.92 Å². The Bertz CT molecular complexity index is 1590. The molecule has 2 aromatic heterocycles. The summed E-state index contributed by atoms with van der Waals surface area (Å²) >= 11 is 6.44. The highest BCUT2D eigenvalue weighted by Gasteiger charge is 2.51. The molecule has 4 aliphatic rings. The Labute approximate surface area is 233 Å². The van der Waals surface area contributed by atoms with Gasteiger partial charge in [0.2, 0.25) is 17.6 Å². The van der Waals surface area contributed by atoms with Crippen molar-refractivity contribution in [2.24, 2.45) is 13.0 Å². The number of alkyl halides is 2. The fraction of sp³-hybridized carbons (Fsp3) is 0.481. The lowest BCUT2D eigenvalue weighted by molar-refractivity contribution is -0.131. The van der Waals surface area contributed by atoms with E-state index in [2.05, 4.69) is 20.6 Å². The number of aromatic nitrogens is 3. The third-order valence-corrected chi connectivity index (χ3v) is 8.41. The second-order valence-corrected chi connectivity index (χ2v) is 11.4. The van der Waals surface area contributed by atoms with Gasteiger partial charge < -0.3 is 29.7 Å². The van der Waals surface area contributed by atoms with Crippen LogP contribution in [-0.4, -0.2) is 69.6 Å². The van der Waals surface area contributed by atoms with Crippen molar-refractivity contribution in [2.75, 3.05) is 41.8 Å². The number of aryl methyl sites for hydroxylation is 1. The van der Waals surface area contributed by atoms with Crippen LogP contribution >= 0.6 is 11.6 Å². The van der Waals surface area contributed by atoms with Crippen molar-refractivity contribution in [1.29, 1.82) is 0 Å². The summed E-state index contributed by atoms with van der Waals surface area (Å²) in [4.78, 5) is 38.4. The lowest BCUT2D eigenvalue weighted by atomic mass is 10.0. The third kappa shape index (κ3) is 4.38. The number of pyridine rings is 1. The number of nitrogens with one attached hydrogen (secondary N) is 2. The molecule has 40 heavy (non-hydrogen) atoms. The van der Waals surface area contributed by atoms with Gasteiger partial charge in [0, 0.05) is 37.3 Å². The van der Waals surface area contributed by atoms with Crippen LogP contribution in [0.4, 0.5) is 31.9 Å². The number of halogens is 3. The van der Waals surface area contributed by atoms with Gasteiger partial charge in [-0.15, -0.1) is 0 Å². The summed E-state index contributed by atoms with van der Waals surface area (Å²) in [6.07, 6.45) is 5.01. The molecule has 0 spiro atoms. The molecule has 3 aromatic rings. The van der Waals surface area contributed by atoms with E-state index in [-0.39, 0.29) is 34.8 Å². The average Bonchev–Trinajstić information content (AvgIpc) is 3.83. The van der Waals surface area contributed by atoms with Crippen molar-refractivity contribution in [3.8, 4) is 5.75 Å². The van der Waals surface area contributed by atoms with E-state index in [1.165, 1.54) is 10.8 Å². The summed E-state index contributed by atoms with van der Waals surface area (Å²) in [5.74, 6) is -2.63. The summed E-state index contributed by atoms with van der Waals surface area (Å²) in [5, 5.41) is 7.02. The molecule has 2 N–H and O–H groups in total. The number of fused-ring (bicyclic) bond motifs is 3. The Morgan fingerprint density at radius 3 is 2.70 bits per heavy atom. The highest BCUT2D eigenvalue weighted by Crippen LogP contribution is 2.45. The Balaban J connectivity index is 1.22. The van der Waals surface area contributed by atoms with Gasteiger partial charge in [-0.05, 0) is 49.8 Å². The van der Waals surface area contributed by atoms with Crippen molar-refractivity contribution < 1.29 is 18.3 Å². The van der Waals surface area contributed by atoms with Crippen LogP contribution in [0.25, 0.3) is 10.9 Å². The lowest BCUT2D eigenvalue weighted by Gasteiger charge is -2.34. The molecule has 2 aliphatic heterocycles. The first-order valence-corrected chi connectivity index (χ1v) is 13.9. The van der Waals surface area contributed by atoms with Gasteiger partial charge in [-0.25, -0.2) is 13.8 Å². The highest BCUT2D eigenvalue weighted by molar-refractivity contribution is 6.33. The molecule has 1 amide bonds. The van der Waals surface area contributed by atoms with E-state index < -0.39 is 24.1 Å². The fourth-order valence-corrected chi connectivity index (χ4v) is 5.79. The van der Waals surface area contributed by atoms with Crippen LogP contribution < -0.4 is 25.8 Å². The normalized spacial score (nSPS) is 22.4. The molecule has 3 fully saturated rings. The molecule has 1 saturated heterocycles. The number of hydrogen-bond acceptors (Lipinski definition) is 8. The van der Waals surface area contributed by atoms with E-state index in [0.29, 0.717) is 60.3 Å². The third-order valence-electron chi connectivity index (χ3n) is 8.13. The van der Waals surface area contributed by atoms with Gasteiger partial charge in [0.05, 0.1) is 23.4 Å². The van der Waals surface area contributed by atoms with Gasteiger partial charge in [-0.3, -0.25) is 9.59 Å². The second-order valence-electron chi connectivity index (χ2n) is 11.0. The molecule has 10 nitrogen and oxygen atoms in total. The molecule has 4 heterocycles. The Kier molecular flexibility index (Phi) is 5.81. The van der Waals surface area contributed by atoms with Gasteiger partial charge in [0.1, 0.15) is 11.6 Å². The monoisotopic (exact) mass is 571 g/mol. The summed E-state index contributed by atoms with van der Waals surface area (Å²) in [6, 6.07) is 4.50. The van der Waals surface area contributed by atoms with Crippen LogP contribution in [0.15, 0.2) is 29.2 Å². The van der Waals surface area contributed by atoms with Crippen molar-refractivity contribution in [3.05, 3.63) is 39.8 Å². The number of amides is 1. The van der Waals surface area contributed by atoms with Crippen LogP contribution in [0.5, 0.6) is 5.75 Å². The number of rotatable bonds is 5. The number of carbonyl (C=O) groups is 1. The molecule has 1 unspecified atom stereocenters. The number of benzene rings is 1. The number of nitrogens with zero attached hydrogens (tertiary/aromatic N) is 5. The van der Waals surface area contributed by atoms with E-state index >= 15 is 0 Å². The maximum Gasteiger partial charge on any atom is 0.301 e. The van der Waals surface area contributed by atoms with E-state index in [9.17, 15) is 18.4 Å². The predicted octanol–water partition coefficient (Wildman–Crippen LogP) is 3.75. The topological polar surface area (TPSA) is 105 Å². The maximum absolute atomic E-state index is 14.9. The first-order valence-electron chi connectivity index (χ1n) is 13.5. The molecule has 7 rings (SSSR count). The minimum atomic E-state index is -3.12. The van der Waals surface area contributed by atoms with Crippen LogP contribution in [0.3, 0.4) is 0 Å². The zero-order valence-corrected chi connectivity index (χ0v) is 22.5.